The Morgan fingerprint density at radius 3 is 1.85 bits per heavy atom. The largest absolute Gasteiger partial charge is 0.384 e. The Morgan fingerprint density at radius 1 is 0.635 bits per heavy atom. The molecule has 5 unspecified atom stereocenters. The van der Waals surface area contributed by atoms with Crippen molar-refractivity contribution >= 4 is 27.3 Å². The molecule has 52 heavy (non-hydrogen) atoms. The molecule has 0 spiro atoms. The lowest BCUT2D eigenvalue weighted by Crippen LogP contribution is -2.58. The zero-order valence-corrected chi connectivity index (χ0v) is 29.8. The maximum Gasteiger partial charge on any atom is 0.170 e. The van der Waals surface area contributed by atoms with Crippen LogP contribution in [0.2, 0.25) is 0 Å². The molecule has 1 aliphatic carbocycles. The maximum atomic E-state index is 15.9. The summed E-state index contributed by atoms with van der Waals surface area (Å²) in [5.74, 6) is -2.43. The smallest absolute Gasteiger partial charge is 0.170 e. The second-order valence-corrected chi connectivity index (χ2v) is 14.7. The SMILES string of the molecule is Cc1ccc(C2CC(O)(c3cccc4ccccc34)C(C(=O)c3cccc4ccccc34)C(c3ccc(C)cc3)C2(C#N)c2cccc(C)c2)cc1. The van der Waals surface area contributed by atoms with Crippen molar-refractivity contribution < 1.29 is 9.90 Å². The van der Waals surface area contributed by atoms with Crippen LogP contribution < -0.4 is 0 Å². The van der Waals surface area contributed by atoms with E-state index in [2.05, 4.69) is 67.6 Å². The maximum absolute atomic E-state index is 15.9. The van der Waals surface area contributed by atoms with Crippen LogP contribution >= 0.6 is 0 Å². The summed E-state index contributed by atoms with van der Waals surface area (Å²) in [6, 6.07) is 55.6. The van der Waals surface area contributed by atoms with E-state index in [0.717, 1.165) is 54.9 Å². The third-order valence-corrected chi connectivity index (χ3v) is 11.6. The Bertz CT molecular complexity index is 2480. The molecule has 0 aliphatic heterocycles. The van der Waals surface area contributed by atoms with E-state index in [0.29, 0.717) is 11.1 Å². The molecule has 1 aliphatic rings. The number of carbonyl (C=O) groups is 1. The minimum atomic E-state index is -1.68. The van der Waals surface area contributed by atoms with E-state index in [4.69, 9.17) is 0 Å². The van der Waals surface area contributed by atoms with Gasteiger partial charge in [0.05, 0.1) is 17.4 Å². The number of benzene rings is 7. The molecule has 3 heteroatoms. The van der Waals surface area contributed by atoms with Crippen LogP contribution in [0.3, 0.4) is 0 Å². The number of carbonyl (C=O) groups excluding carboxylic acids is 1. The first kappa shape index (κ1) is 33.3. The van der Waals surface area contributed by atoms with Crippen LogP contribution in [0.1, 0.15) is 67.6 Å². The highest BCUT2D eigenvalue weighted by molar-refractivity contribution is 6.10. The van der Waals surface area contributed by atoms with E-state index in [-0.39, 0.29) is 12.2 Å². The lowest BCUT2D eigenvalue weighted by atomic mass is 9.45. The van der Waals surface area contributed by atoms with Crippen LogP contribution in [-0.4, -0.2) is 10.9 Å². The number of ketones is 1. The van der Waals surface area contributed by atoms with E-state index in [1.165, 1.54) is 0 Å². The van der Waals surface area contributed by atoms with Gasteiger partial charge < -0.3 is 5.11 Å². The molecule has 0 saturated heterocycles. The van der Waals surface area contributed by atoms with Crippen LogP contribution in [0, 0.1) is 38.0 Å². The number of nitrogens with zero attached hydrogens (tertiary/aromatic N) is 1. The second-order valence-electron chi connectivity index (χ2n) is 14.7. The Balaban J connectivity index is 1.53. The highest BCUT2D eigenvalue weighted by Crippen LogP contribution is 2.64. The van der Waals surface area contributed by atoms with Gasteiger partial charge in [-0.1, -0.05) is 174 Å². The molecule has 8 rings (SSSR count). The van der Waals surface area contributed by atoms with Gasteiger partial charge in [0.25, 0.3) is 0 Å². The number of nitriles is 1. The number of hydrogen-bond acceptors (Lipinski definition) is 3. The molecule has 7 aromatic rings. The van der Waals surface area contributed by atoms with E-state index < -0.39 is 28.8 Å². The van der Waals surface area contributed by atoms with Gasteiger partial charge in [-0.15, -0.1) is 0 Å². The third kappa shape index (κ3) is 5.34. The molecule has 0 amide bonds. The first-order valence-electron chi connectivity index (χ1n) is 18.1. The summed E-state index contributed by atoms with van der Waals surface area (Å²) < 4.78 is 0. The van der Waals surface area contributed by atoms with E-state index in [1.807, 2.05) is 117 Å². The zero-order valence-electron chi connectivity index (χ0n) is 29.8. The molecule has 5 atom stereocenters. The molecule has 3 nitrogen and oxygen atoms in total. The van der Waals surface area contributed by atoms with Crippen LogP contribution in [-0.2, 0) is 11.0 Å². The summed E-state index contributed by atoms with van der Waals surface area (Å²) in [5.41, 5.74) is 4.21. The van der Waals surface area contributed by atoms with Gasteiger partial charge in [-0.25, -0.2) is 0 Å². The van der Waals surface area contributed by atoms with Gasteiger partial charge in [0, 0.05) is 17.4 Å². The molecule has 0 heterocycles. The number of hydrogen-bond donors (Lipinski definition) is 1. The van der Waals surface area contributed by atoms with E-state index >= 15 is 4.79 Å². The predicted molar refractivity (Wildman–Crippen MR) is 211 cm³/mol. The summed E-state index contributed by atoms with van der Waals surface area (Å²) in [5, 5.41) is 29.6. The van der Waals surface area contributed by atoms with Crippen LogP contribution in [0.15, 0.2) is 158 Å². The highest BCUT2D eigenvalue weighted by atomic mass is 16.3. The number of Topliss-reactive ketones (excluding diaryl/α,β-unsaturated/α-hetero) is 1. The van der Waals surface area contributed by atoms with Crippen molar-refractivity contribution in [2.75, 3.05) is 0 Å². The zero-order chi connectivity index (χ0) is 36.0. The van der Waals surface area contributed by atoms with Crippen molar-refractivity contribution in [3.05, 3.63) is 202 Å². The predicted octanol–water partition coefficient (Wildman–Crippen LogP) is 11.0. The van der Waals surface area contributed by atoms with Crippen molar-refractivity contribution in [3.8, 4) is 6.07 Å². The first-order chi connectivity index (χ1) is 25.2. The Morgan fingerprint density at radius 2 is 1.19 bits per heavy atom. The number of fused-ring (bicyclic) bond motifs is 2. The lowest BCUT2D eigenvalue weighted by Gasteiger charge is -2.56. The lowest BCUT2D eigenvalue weighted by molar-refractivity contribution is -0.0727. The van der Waals surface area contributed by atoms with Crippen LogP contribution in [0.4, 0.5) is 0 Å². The van der Waals surface area contributed by atoms with E-state index in [1.54, 1.807) is 0 Å². The fourth-order valence-electron chi connectivity index (χ4n) is 9.11. The molecule has 1 saturated carbocycles. The summed E-state index contributed by atoms with van der Waals surface area (Å²) in [7, 11) is 0. The van der Waals surface area contributed by atoms with Gasteiger partial charge >= 0.3 is 0 Å². The molecule has 7 aromatic carbocycles. The monoisotopic (exact) mass is 675 g/mol. The van der Waals surface area contributed by atoms with Gasteiger partial charge in [-0.2, -0.15) is 5.26 Å². The molecular weight excluding hydrogens is 635 g/mol. The fraction of sp³-hybridized carbons (Fsp3) is 0.184. The summed E-state index contributed by atoms with van der Waals surface area (Å²) in [4.78, 5) is 15.9. The van der Waals surface area contributed by atoms with Gasteiger partial charge in [0.15, 0.2) is 5.78 Å². The number of aliphatic hydroxyl groups is 1. The van der Waals surface area contributed by atoms with Crippen LogP contribution in [0.5, 0.6) is 0 Å². The Hall–Kier alpha value is -5.82. The molecule has 254 valence electrons. The quantitative estimate of drug-likeness (QED) is 0.178. The highest BCUT2D eigenvalue weighted by Gasteiger charge is 2.64. The summed E-state index contributed by atoms with van der Waals surface area (Å²) >= 11 is 0. The van der Waals surface area contributed by atoms with Gasteiger partial charge in [0.2, 0.25) is 0 Å². The number of rotatable bonds is 6. The summed E-state index contributed by atoms with van der Waals surface area (Å²) in [6.45, 7) is 6.15. The molecule has 0 radical (unpaired) electrons. The standard InChI is InChI=1S/C49H41NO2/c1-32-21-25-37(26-22-32)44-30-49(52,43-20-10-15-36-13-5-7-18-41(36)43)46(47(51)42-19-9-14-35-12-4-6-17-40(35)42)45(38-27-23-33(2)24-28-38)48(44,31-50)39-16-8-11-34(3)29-39/h4-29,44-46,52H,30H2,1-3H3. The minimum absolute atomic E-state index is 0.162. The normalized spacial score (nSPS) is 22.9. The second kappa shape index (κ2) is 13.1. The van der Waals surface area contributed by atoms with E-state index in [9.17, 15) is 10.4 Å². The van der Waals surface area contributed by atoms with Crippen molar-refractivity contribution in [2.45, 2.75) is 50.0 Å². The fourth-order valence-corrected chi connectivity index (χ4v) is 9.11. The third-order valence-electron chi connectivity index (χ3n) is 11.6. The molecular formula is C49H41NO2. The Labute approximate surface area is 305 Å². The average Bonchev–Trinajstić information content (AvgIpc) is 3.17. The molecule has 0 aromatic heterocycles. The van der Waals surface area contributed by atoms with Gasteiger partial charge in [0.1, 0.15) is 5.60 Å². The average molecular weight is 676 g/mol. The Kier molecular flexibility index (Phi) is 8.37. The topological polar surface area (TPSA) is 61.1 Å². The van der Waals surface area contributed by atoms with Crippen molar-refractivity contribution in [1.82, 2.24) is 0 Å². The molecule has 1 fully saturated rings. The van der Waals surface area contributed by atoms with Crippen LogP contribution in [0.25, 0.3) is 21.5 Å². The van der Waals surface area contributed by atoms with Gasteiger partial charge in [-0.05, 0) is 71.0 Å². The number of aryl methyl sites for hydroxylation is 3. The summed E-state index contributed by atoms with van der Waals surface area (Å²) in [6.07, 6.45) is 0.162. The first-order valence-corrected chi connectivity index (χ1v) is 18.1. The van der Waals surface area contributed by atoms with Gasteiger partial charge in [-0.3, -0.25) is 4.79 Å². The molecule has 1 N–H and O–H groups in total. The van der Waals surface area contributed by atoms with Crippen molar-refractivity contribution in [1.29, 1.82) is 5.26 Å². The van der Waals surface area contributed by atoms with Crippen molar-refractivity contribution in [3.63, 3.8) is 0 Å². The minimum Gasteiger partial charge on any atom is -0.384 e. The molecule has 0 bridgehead atoms. The van der Waals surface area contributed by atoms with Crippen molar-refractivity contribution in [2.24, 2.45) is 5.92 Å².